The number of amides is 4. The van der Waals surface area contributed by atoms with Crippen LogP contribution < -0.4 is 0 Å². The van der Waals surface area contributed by atoms with Crippen molar-refractivity contribution in [2.45, 2.75) is 6.54 Å². The minimum atomic E-state index is -0.848. The summed E-state index contributed by atoms with van der Waals surface area (Å²) in [5.74, 6) is -1.68. The zero-order chi connectivity index (χ0) is 12.6. The molecule has 2 rings (SSSR count). The van der Waals surface area contributed by atoms with Gasteiger partial charge in [-0.15, -0.1) is 0 Å². The Balaban J connectivity index is 2.23. The number of hydrogen-bond donors (Lipinski definition) is 0. The smallest absolute Gasteiger partial charge is 0.263 e. The third kappa shape index (κ3) is 1.99. The Morgan fingerprint density at radius 3 is 2.47 bits per heavy atom. The van der Waals surface area contributed by atoms with E-state index in [0.717, 1.165) is 9.80 Å². The Morgan fingerprint density at radius 2 is 1.94 bits per heavy atom. The van der Waals surface area contributed by atoms with E-state index in [9.17, 15) is 14.4 Å². The lowest BCUT2D eigenvalue weighted by Gasteiger charge is -2.11. The molecule has 1 saturated heterocycles. The number of imide groups is 2. The molecule has 0 radical (unpaired) electrons. The molecule has 4 amide bonds. The third-order valence-electron chi connectivity index (χ3n) is 2.34. The lowest BCUT2D eigenvalue weighted by atomic mass is 10.3. The number of pyridine rings is 1. The first-order chi connectivity index (χ1) is 8.00. The summed E-state index contributed by atoms with van der Waals surface area (Å²) in [6, 6.07) is 4.20. The van der Waals surface area contributed by atoms with E-state index in [-0.39, 0.29) is 11.7 Å². The lowest BCUT2D eigenvalue weighted by Crippen LogP contribution is -2.31. The fourth-order valence-corrected chi connectivity index (χ4v) is 1.63. The van der Waals surface area contributed by atoms with Crippen molar-refractivity contribution in [3.63, 3.8) is 0 Å². The number of nitrogens with zero attached hydrogens (tertiary/aromatic N) is 3. The van der Waals surface area contributed by atoms with Crippen molar-refractivity contribution in [1.29, 1.82) is 0 Å². The monoisotopic (exact) mass is 253 g/mol. The molecular weight excluding hydrogens is 246 g/mol. The number of likely N-dealkylation sites (N-methyl/N-ethyl adjacent to an activating group) is 1. The van der Waals surface area contributed by atoms with Crippen molar-refractivity contribution in [2.24, 2.45) is 0 Å². The molecule has 0 N–H and O–H groups in total. The number of carbonyl (C=O) groups excluding carboxylic acids is 3. The van der Waals surface area contributed by atoms with Gasteiger partial charge in [-0.1, -0.05) is 17.7 Å². The minimum absolute atomic E-state index is 0.0612. The standard InChI is InChI=1S/C10H8ClN3O3/c1-13-8(15)9(16)14(10(13)17)5-6-3-2-4-7(11)12-6/h2-4H,5H2,1H3. The van der Waals surface area contributed by atoms with Gasteiger partial charge in [-0.05, 0) is 12.1 Å². The number of rotatable bonds is 2. The van der Waals surface area contributed by atoms with Crippen LogP contribution in [0.5, 0.6) is 0 Å². The summed E-state index contributed by atoms with van der Waals surface area (Å²) in [6.45, 7) is -0.0612. The minimum Gasteiger partial charge on any atom is -0.263 e. The first kappa shape index (κ1) is 11.5. The highest BCUT2D eigenvalue weighted by Gasteiger charge is 2.42. The highest BCUT2D eigenvalue weighted by atomic mass is 35.5. The van der Waals surface area contributed by atoms with Crippen molar-refractivity contribution < 1.29 is 14.4 Å². The van der Waals surface area contributed by atoms with E-state index in [1.165, 1.54) is 7.05 Å². The van der Waals surface area contributed by atoms with E-state index in [4.69, 9.17) is 11.6 Å². The largest absolute Gasteiger partial charge is 0.334 e. The maximum absolute atomic E-state index is 11.6. The van der Waals surface area contributed by atoms with Gasteiger partial charge in [0.2, 0.25) is 0 Å². The fourth-order valence-electron chi connectivity index (χ4n) is 1.45. The maximum Gasteiger partial charge on any atom is 0.334 e. The number of urea groups is 1. The molecular formula is C10H8ClN3O3. The molecule has 1 aliphatic heterocycles. The molecule has 0 aromatic carbocycles. The van der Waals surface area contributed by atoms with Gasteiger partial charge in [0.15, 0.2) is 0 Å². The molecule has 2 heterocycles. The van der Waals surface area contributed by atoms with Gasteiger partial charge >= 0.3 is 17.8 Å². The van der Waals surface area contributed by atoms with Gasteiger partial charge in [-0.25, -0.2) is 14.7 Å². The second-order valence-corrected chi connectivity index (χ2v) is 3.88. The molecule has 7 heteroatoms. The van der Waals surface area contributed by atoms with E-state index in [1.54, 1.807) is 18.2 Å². The zero-order valence-electron chi connectivity index (χ0n) is 8.88. The lowest BCUT2D eigenvalue weighted by molar-refractivity contribution is -0.143. The highest BCUT2D eigenvalue weighted by Crippen LogP contribution is 2.14. The maximum atomic E-state index is 11.6. The van der Waals surface area contributed by atoms with Crippen molar-refractivity contribution in [3.8, 4) is 0 Å². The topological polar surface area (TPSA) is 70.6 Å². The van der Waals surface area contributed by atoms with E-state index < -0.39 is 17.8 Å². The summed E-state index contributed by atoms with van der Waals surface area (Å²) < 4.78 is 0. The van der Waals surface area contributed by atoms with E-state index >= 15 is 0 Å². The molecule has 6 nitrogen and oxygen atoms in total. The van der Waals surface area contributed by atoms with Gasteiger partial charge in [0.25, 0.3) is 0 Å². The molecule has 0 aliphatic carbocycles. The van der Waals surface area contributed by atoms with E-state index in [0.29, 0.717) is 5.69 Å². The highest BCUT2D eigenvalue weighted by molar-refractivity contribution is 6.44. The summed E-state index contributed by atoms with van der Waals surface area (Å²) in [4.78, 5) is 39.8. The molecule has 0 saturated carbocycles. The molecule has 1 aliphatic rings. The molecule has 88 valence electrons. The van der Waals surface area contributed by atoms with Gasteiger partial charge in [-0.3, -0.25) is 14.5 Å². The first-order valence-electron chi connectivity index (χ1n) is 4.75. The van der Waals surface area contributed by atoms with E-state index in [1.807, 2.05) is 0 Å². The zero-order valence-corrected chi connectivity index (χ0v) is 9.64. The van der Waals surface area contributed by atoms with Crippen molar-refractivity contribution in [1.82, 2.24) is 14.8 Å². The SMILES string of the molecule is CN1C(=O)C(=O)N(Cc2cccc(Cl)n2)C1=O. The summed E-state index contributed by atoms with van der Waals surface area (Å²) in [7, 11) is 1.26. The Hall–Kier alpha value is -1.95. The number of halogens is 1. The average molecular weight is 254 g/mol. The summed E-state index contributed by atoms with van der Waals surface area (Å²) in [5.41, 5.74) is 0.447. The van der Waals surface area contributed by atoms with Gasteiger partial charge in [0.05, 0.1) is 12.2 Å². The molecule has 0 atom stereocenters. The van der Waals surface area contributed by atoms with Gasteiger partial charge in [-0.2, -0.15) is 0 Å². The molecule has 1 aromatic heterocycles. The molecule has 1 fully saturated rings. The van der Waals surface area contributed by atoms with Crippen LogP contribution in [0.2, 0.25) is 5.15 Å². The Morgan fingerprint density at radius 1 is 1.24 bits per heavy atom. The van der Waals surface area contributed by atoms with Crippen LogP contribution in [0.3, 0.4) is 0 Å². The summed E-state index contributed by atoms with van der Waals surface area (Å²) in [6.07, 6.45) is 0. The quantitative estimate of drug-likeness (QED) is 0.441. The molecule has 17 heavy (non-hydrogen) atoms. The van der Waals surface area contributed by atoms with Crippen LogP contribution in [0.15, 0.2) is 18.2 Å². The molecule has 0 bridgehead atoms. The molecule has 0 unspecified atom stereocenters. The van der Waals surface area contributed by atoms with Crippen LogP contribution in [0.1, 0.15) is 5.69 Å². The van der Waals surface area contributed by atoms with Crippen molar-refractivity contribution >= 4 is 29.4 Å². The van der Waals surface area contributed by atoms with Crippen LogP contribution in [-0.4, -0.2) is 39.7 Å². The van der Waals surface area contributed by atoms with Crippen LogP contribution in [0.4, 0.5) is 4.79 Å². The number of carbonyl (C=O) groups is 3. The normalized spacial score (nSPS) is 16.0. The second-order valence-electron chi connectivity index (χ2n) is 3.49. The average Bonchev–Trinajstić information content (AvgIpc) is 2.47. The van der Waals surface area contributed by atoms with Gasteiger partial charge < -0.3 is 0 Å². The fraction of sp³-hybridized carbons (Fsp3) is 0.200. The van der Waals surface area contributed by atoms with Crippen molar-refractivity contribution in [3.05, 3.63) is 29.0 Å². The third-order valence-corrected chi connectivity index (χ3v) is 2.55. The summed E-state index contributed by atoms with van der Waals surface area (Å²) >= 11 is 5.68. The van der Waals surface area contributed by atoms with Gasteiger partial charge in [0.1, 0.15) is 5.15 Å². The Kier molecular flexibility index (Phi) is 2.81. The Labute approximate surface area is 102 Å². The number of aromatic nitrogens is 1. The van der Waals surface area contributed by atoms with Crippen molar-refractivity contribution in [2.75, 3.05) is 7.05 Å². The Bertz CT molecular complexity index is 517. The predicted octanol–water partition coefficient (Wildman–Crippen LogP) is 0.656. The van der Waals surface area contributed by atoms with Crippen LogP contribution in [0.25, 0.3) is 0 Å². The van der Waals surface area contributed by atoms with Crippen LogP contribution in [-0.2, 0) is 16.1 Å². The number of hydrogen-bond acceptors (Lipinski definition) is 4. The van der Waals surface area contributed by atoms with E-state index in [2.05, 4.69) is 4.98 Å². The molecule has 0 spiro atoms. The first-order valence-corrected chi connectivity index (χ1v) is 5.13. The van der Waals surface area contributed by atoms with Crippen LogP contribution >= 0.6 is 11.6 Å². The summed E-state index contributed by atoms with van der Waals surface area (Å²) in [5, 5.41) is 0.265. The van der Waals surface area contributed by atoms with Gasteiger partial charge in [0, 0.05) is 7.05 Å². The second kappa shape index (κ2) is 4.14. The predicted molar refractivity (Wildman–Crippen MR) is 58.0 cm³/mol. The van der Waals surface area contributed by atoms with Crippen LogP contribution in [0, 0.1) is 0 Å². The molecule has 1 aromatic rings.